The number of carbonyl (C=O) groups is 2. The Labute approximate surface area is 94.6 Å². The van der Waals surface area contributed by atoms with Crippen molar-refractivity contribution in [2.75, 3.05) is 0 Å². The van der Waals surface area contributed by atoms with Crippen molar-refractivity contribution >= 4 is 11.9 Å². The quantitative estimate of drug-likeness (QED) is 0.443. The molecular formula is C12H12O4. The molecule has 0 spiro atoms. The first-order chi connectivity index (χ1) is 7.49. The highest BCUT2D eigenvalue weighted by molar-refractivity contribution is 5.86. The van der Waals surface area contributed by atoms with E-state index in [4.69, 9.17) is 11.5 Å². The number of carboxylic acids is 1. The van der Waals surface area contributed by atoms with Crippen LogP contribution in [-0.4, -0.2) is 17.0 Å². The molecule has 0 aliphatic heterocycles. The van der Waals surface area contributed by atoms with Gasteiger partial charge >= 0.3 is 11.9 Å². The highest BCUT2D eigenvalue weighted by Crippen LogP contribution is 1.93. The average Bonchev–Trinajstić information content (AvgIpc) is 2.27. The van der Waals surface area contributed by atoms with Crippen LogP contribution in [0.4, 0.5) is 0 Å². The number of hydrogen-bond acceptors (Lipinski definition) is 3. The summed E-state index contributed by atoms with van der Waals surface area (Å²) in [4.78, 5) is 20.0. The molecule has 0 unspecified atom stereocenters. The van der Waals surface area contributed by atoms with E-state index in [0.29, 0.717) is 0 Å². The van der Waals surface area contributed by atoms with Gasteiger partial charge in [0.2, 0.25) is 0 Å². The lowest BCUT2D eigenvalue weighted by Gasteiger charge is -1.87. The van der Waals surface area contributed by atoms with Gasteiger partial charge in [-0.15, -0.1) is 12.3 Å². The van der Waals surface area contributed by atoms with Gasteiger partial charge in [-0.05, 0) is 0 Å². The number of carboxylic acid groups (broad SMARTS) is 1. The van der Waals surface area contributed by atoms with E-state index in [2.05, 4.69) is 35.8 Å². The summed E-state index contributed by atoms with van der Waals surface area (Å²) >= 11 is 0. The molecule has 1 N–H and O–H groups in total. The van der Waals surface area contributed by atoms with Crippen LogP contribution in [0.1, 0.15) is 13.3 Å². The minimum atomic E-state index is -1.03. The molecule has 0 aliphatic carbocycles. The van der Waals surface area contributed by atoms with Gasteiger partial charge in [-0.3, -0.25) is 0 Å². The molecular weight excluding hydrogens is 208 g/mol. The zero-order valence-corrected chi connectivity index (χ0v) is 8.95. The van der Waals surface area contributed by atoms with Crippen molar-refractivity contribution in [1.82, 2.24) is 0 Å². The summed E-state index contributed by atoms with van der Waals surface area (Å²) in [5.74, 6) is 3.02. The molecule has 0 saturated carbocycles. The molecule has 16 heavy (non-hydrogen) atoms. The van der Waals surface area contributed by atoms with E-state index in [1.165, 1.54) is 0 Å². The van der Waals surface area contributed by atoms with Crippen LogP contribution in [0.15, 0.2) is 24.8 Å². The normalized spacial score (nSPS) is 6.75. The second-order valence-electron chi connectivity index (χ2n) is 2.27. The fourth-order valence-electron chi connectivity index (χ4n) is 0.342. The molecule has 4 nitrogen and oxygen atoms in total. The van der Waals surface area contributed by atoms with Gasteiger partial charge in [-0.25, -0.2) is 9.59 Å². The lowest BCUT2D eigenvalue weighted by Crippen LogP contribution is -1.96. The highest BCUT2D eigenvalue weighted by Gasteiger charge is 1.98. The maximum Gasteiger partial charge on any atom is 0.344 e. The van der Waals surface area contributed by atoms with Crippen molar-refractivity contribution in [1.29, 1.82) is 0 Å². The van der Waals surface area contributed by atoms with Crippen LogP contribution in [0.5, 0.6) is 0 Å². The van der Waals surface area contributed by atoms with Gasteiger partial charge < -0.3 is 9.84 Å². The first-order valence-electron chi connectivity index (χ1n) is 4.09. The first-order valence-corrected chi connectivity index (χ1v) is 4.09. The predicted molar refractivity (Wildman–Crippen MR) is 60.0 cm³/mol. The summed E-state index contributed by atoms with van der Waals surface area (Å²) in [5, 5.41) is 8.12. The van der Waals surface area contributed by atoms with Gasteiger partial charge in [0.15, 0.2) is 0 Å². The topological polar surface area (TPSA) is 63.6 Å². The predicted octanol–water partition coefficient (Wildman–Crippen LogP) is 1.35. The number of rotatable bonds is 3. The minimum absolute atomic E-state index is 0.0625. The van der Waals surface area contributed by atoms with Gasteiger partial charge in [-0.2, -0.15) is 0 Å². The van der Waals surface area contributed by atoms with Crippen LogP contribution in [-0.2, 0) is 14.3 Å². The zero-order valence-electron chi connectivity index (χ0n) is 8.95. The molecule has 0 bridgehead atoms. The molecule has 4 heteroatoms. The molecule has 0 heterocycles. The lowest BCUT2D eigenvalue weighted by atomic mass is 10.2. The van der Waals surface area contributed by atoms with Crippen molar-refractivity contribution in [2.24, 2.45) is 0 Å². The molecule has 0 fully saturated rings. The van der Waals surface area contributed by atoms with E-state index in [-0.39, 0.29) is 12.0 Å². The minimum Gasteiger partial charge on any atom is -0.478 e. The maximum absolute atomic E-state index is 10.1. The fourth-order valence-corrected chi connectivity index (χ4v) is 0.342. The number of esters is 1. The number of hydrogen-bond donors (Lipinski definition) is 1. The molecule has 0 aliphatic rings. The summed E-state index contributed by atoms with van der Waals surface area (Å²) in [6.45, 7) is 7.95. The average molecular weight is 220 g/mol. The second kappa shape index (κ2) is 10.6. The molecule has 0 saturated heterocycles. The largest absolute Gasteiger partial charge is 0.478 e. The first kappa shape index (κ1) is 16.0. The molecule has 0 amide bonds. The van der Waals surface area contributed by atoms with Crippen LogP contribution in [0.2, 0.25) is 0 Å². The van der Waals surface area contributed by atoms with Crippen LogP contribution < -0.4 is 0 Å². The van der Waals surface area contributed by atoms with Crippen molar-refractivity contribution < 1.29 is 19.4 Å². The van der Waals surface area contributed by atoms with Gasteiger partial charge in [0.1, 0.15) is 6.11 Å². The van der Waals surface area contributed by atoms with E-state index in [1.807, 2.05) is 0 Å². The Morgan fingerprint density at radius 2 is 2.12 bits per heavy atom. The Hall–Kier alpha value is -2.46. The van der Waals surface area contributed by atoms with Crippen molar-refractivity contribution in [3.8, 4) is 24.4 Å². The number of carbonyl (C=O) groups excluding carboxylic acids is 1. The van der Waals surface area contributed by atoms with Crippen LogP contribution >= 0.6 is 0 Å². The molecule has 0 aromatic heterocycles. The van der Waals surface area contributed by atoms with E-state index in [1.54, 1.807) is 6.92 Å². The van der Waals surface area contributed by atoms with Gasteiger partial charge in [0.05, 0.1) is 0 Å². The maximum atomic E-state index is 10.1. The summed E-state index contributed by atoms with van der Waals surface area (Å²) in [7, 11) is 0. The zero-order chi connectivity index (χ0) is 13.0. The van der Waals surface area contributed by atoms with Crippen LogP contribution in [0.25, 0.3) is 0 Å². The Bertz CT molecular complexity index is 374. The number of ether oxygens (including phenoxy) is 1. The second-order valence-corrected chi connectivity index (χ2v) is 2.27. The molecule has 0 aromatic rings. The SMILES string of the molecule is C#CCC(=C)C(=O)O.C=CC(=O)OC#CC. The molecule has 84 valence electrons. The van der Waals surface area contributed by atoms with Gasteiger partial charge in [-0.1, -0.05) is 19.1 Å². The van der Waals surface area contributed by atoms with Crippen LogP contribution in [0, 0.1) is 24.4 Å². The summed E-state index contributed by atoms with van der Waals surface area (Å²) < 4.78 is 4.22. The lowest BCUT2D eigenvalue weighted by molar-refractivity contribution is -0.133. The van der Waals surface area contributed by atoms with Crippen molar-refractivity contribution in [3.63, 3.8) is 0 Å². The number of aliphatic carboxylic acids is 1. The Balaban J connectivity index is 0. The van der Waals surface area contributed by atoms with Gasteiger partial charge in [0.25, 0.3) is 0 Å². The molecule has 0 radical (unpaired) electrons. The molecule has 0 atom stereocenters. The Kier molecular flexibility index (Phi) is 10.6. The third kappa shape index (κ3) is 11.5. The molecule has 0 aromatic carbocycles. The fraction of sp³-hybridized carbons (Fsp3) is 0.167. The van der Waals surface area contributed by atoms with E-state index < -0.39 is 11.9 Å². The molecule has 0 rings (SSSR count). The standard InChI is InChI=1S/2C6H6O2/c1-3-4-5(2)6(7)8;1-3-5-8-6(7)4-2/h1H,2,4H2,(H,7,8);4H,2H2,1H3. The Morgan fingerprint density at radius 3 is 2.38 bits per heavy atom. The van der Waals surface area contributed by atoms with E-state index in [9.17, 15) is 9.59 Å². The smallest absolute Gasteiger partial charge is 0.344 e. The monoisotopic (exact) mass is 220 g/mol. The third-order valence-corrected chi connectivity index (χ3v) is 1.04. The summed E-state index contributed by atoms with van der Waals surface area (Å²) in [6.07, 6.45) is 8.10. The summed E-state index contributed by atoms with van der Waals surface area (Å²) in [6, 6.07) is 0. The van der Waals surface area contributed by atoms with E-state index in [0.717, 1.165) is 6.08 Å². The van der Waals surface area contributed by atoms with Crippen molar-refractivity contribution in [2.45, 2.75) is 13.3 Å². The third-order valence-electron chi connectivity index (χ3n) is 1.04. The Morgan fingerprint density at radius 1 is 1.56 bits per heavy atom. The highest BCUT2D eigenvalue weighted by atomic mass is 16.5. The van der Waals surface area contributed by atoms with Crippen LogP contribution in [0.3, 0.4) is 0 Å². The van der Waals surface area contributed by atoms with E-state index >= 15 is 0 Å². The number of terminal acetylenes is 1. The van der Waals surface area contributed by atoms with Gasteiger partial charge in [0, 0.05) is 25.0 Å². The summed E-state index contributed by atoms with van der Waals surface area (Å²) in [5.41, 5.74) is 0.0625. The van der Waals surface area contributed by atoms with Crippen molar-refractivity contribution in [3.05, 3.63) is 24.8 Å².